The molecule has 0 unspecified atom stereocenters. The van der Waals surface area contributed by atoms with Crippen LogP contribution in [0.4, 0.5) is 17.3 Å². The molecule has 2 fully saturated rings. The molecular formula is C27H36N6OS. The zero-order valence-corrected chi connectivity index (χ0v) is 21.7. The highest BCUT2D eigenvalue weighted by atomic mass is 32.1. The molecular weight excluding hydrogens is 456 g/mol. The van der Waals surface area contributed by atoms with Crippen molar-refractivity contribution in [2.75, 3.05) is 50.5 Å². The summed E-state index contributed by atoms with van der Waals surface area (Å²) in [5.41, 5.74) is 3.69. The van der Waals surface area contributed by atoms with Crippen LogP contribution < -0.4 is 20.3 Å². The Morgan fingerprint density at radius 1 is 1.03 bits per heavy atom. The Morgan fingerprint density at radius 2 is 1.80 bits per heavy atom. The molecule has 2 N–H and O–H groups in total. The summed E-state index contributed by atoms with van der Waals surface area (Å²) in [6.45, 7) is 4.18. The molecule has 1 saturated heterocycles. The predicted molar refractivity (Wildman–Crippen MR) is 145 cm³/mol. The average Bonchev–Trinajstić information content (AvgIpc) is 3.47. The highest BCUT2D eigenvalue weighted by Gasteiger charge is 2.28. The molecule has 0 spiro atoms. The second-order valence-electron chi connectivity index (χ2n) is 10.3. The van der Waals surface area contributed by atoms with E-state index in [1.807, 2.05) is 11.3 Å². The van der Waals surface area contributed by atoms with Gasteiger partial charge in [-0.1, -0.05) is 0 Å². The van der Waals surface area contributed by atoms with E-state index in [9.17, 15) is 0 Å². The van der Waals surface area contributed by atoms with E-state index < -0.39 is 0 Å². The van der Waals surface area contributed by atoms with Gasteiger partial charge in [-0.25, -0.2) is 4.98 Å². The molecule has 2 aliphatic carbocycles. The number of hydrogen-bond acceptors (Lipinski definition) is 8. The number of ether oxygens (including phenoxy) is 1. The minimum Gasteiger partial charge on any atom is -0.474 e. The van der Waals surface area contributed by atoms with Gasteiger partial charge in [0.2, 0.25) is 11.8 Å². The Morgan fingerprint density at radius 3 is 2.54 bits per heavy atom. The van der Waals surface area contributed by atoms with Crippen LogP contribution in [0, 0.1) is 0 Å². The molecule has 0 bridgehead atoms. The average molecular weight is 493 g/mol. The first-order valence-electron chi connectivity index (χ1n) is 13.1. The lowest BCUT2D eigenvalue weighted by molar-refractivity contribution is 0.109. The van der Waals surface area contributed by atoms with E-state index in [2.05, 4.69) is 58.8 Å². The van der Waals surface area contributed by atoms with E-state index in [-0.39, 0.29) is 6.10 Å². The monoisotopic (exact) mass is 492 g/mol. The first-order chi connectivity index (χ1) is 17.1. The lowest BCUT2D eigenvalue weighted by Crippen LogP contribution is -2.43. The summed E-state index contributed by atoms with van der Waals surface area (Å²) < 4.78 is 6.64. The first kappa shape index (κ1) is 23.0. The number of benzene rings is 1. The topological polar surface area (TPSA) is 65.6 Å². The summed E-state index contributed by atoms with van der Waals surface area (Å²) in [5, 5.41) is 8.04. The van der Waals surface area contributed by atoms with Crippen LogP contribution in [0.5, 0.6) is 5.88 Å². The fourth-order valence-electron chi connectivity index (χ4n) is 5.75. The number of aryl methyl sites for hydroxylation is 2. The fourth-order valence-corrected chi connectivity index (χ4v) is 7.00. The molecule has 2 aromatic heterocycles. The standard InChI is InChI=1S/C27H36N6OS/c1-32(2)19-10-12-21(13-11-19)34-25-24-22-4-3-5-23(22)35-26(24)31-27(30-25)29-18-6-8-20(9-7-18)33-16-14-28-15-17-33/h6-9,19,21,28H,3-5,10-17H2,1-2H3,(H,29,30,31)/t19-,21-. The zero-order chi connectivity index (χ0) is 23.8. The van der Waals surface area contributed by atoms with Crippen molar-refractivity contribution in [2.45, 2.75) is 57.1 Å². The van der Waals surface area contributed by atoms with Crippen LogP contribution in [0.25, 0.3) is 10.2 Å². The Kier molecular flexibility index (Phi) is 6.52. The summed E-state index contributed by atoms with van der Waals surface area (Å²) in [6, 6.07) is 9.29. The molecule has 35 heavy (non-hydrogen) atoms. The van der Waals surface area contributed by atoms with Gasteiger partial charge in [0.05, 0.1) is 5.39 Å². The number of nitrogens with zero attached hydrogens (tertiary/aromatic N) is 4. The van der Waals surface area contributed by atoms with Crippen LogP contribution in [0.1, 0.15) is 42.5 Å². The van der Waals surface area contributed by atoms with Gasteiger partial charge in [0.1, 0.15) is 10.9 Å². The number of piperazine rings is 1. The smallest absolute Gasteiger partial charge is 0.231 e. The van der Waals surface area contributed by atoms with Crippen LogP contribution in [0.3, 0.4) is 0 Å². The molecule has 0 radical (unpaired) electrons. The Bertz CT molecular complexity index is 1160. The fraction of sp³-hybridized carbons (Fsp3) is 0.556. The summed E-state index contributed by atoms with van der Waals surface area (Å²) in [5.74, 6) is 1.41. The minimum atomic E-state index is 0.229. The maximum Gasteiger partial charge on any atom is 0.231 e. The van der Waals surface area contributed by atoms with Gasteiger partial charge in [-0.15, -0.1) is 11.3 Å². The van der Waals surface area contributed by atoms with E-state index in [0.29, 0.717) is 12.0 Å². The maximum atomic E-state index is 6.64. The second kappa shape index (κ2) is 9.91. The quantitative estimate of drug-likeness (QED) is 0.522. The van der Waals surface area contributed by atoms with Crippen molar-refractivity contribution < 1.29 is 4.74 Å². The van der Waals surface area contributed by atoms with Gasteiger partial charge in [-0.3, -0.25) is 0 Å². The third kappa shape index (κ3) is 4.84. The van der Waals surface area contributed by atoms with Gasteiger partial charge in [0, 0.05) is 48.5 Å². The highest BCUT2D eigenvalue weighted by Crippen LogP contribution is 2.42. The normalized spacial score (nSPS) is 22.5. The molecule has 3 aromatic rings. The minimum absolute atomic E-state index is 0.229. The second-order valence-corrected chi connectivity index (χ2v) is 11.4. The van der Waals surface area contributed by atoms with E-state index in [1.165, 1.54) is 35.4 Å². The van der Waals surface area contributed by atoms with E-state index in [4.69, 9.17) is 14.7 Å². The summed E-state index contributed by atoms with van der Waals surface area (Å²) in [7, 11) is 4.37. The highest BCUT2D eigenvalue weighted by molar-refractivity contribution is 7.19. The molecule has 0 atom stereocenters. The number of rotatable bonds is 6. The lowest BCUT2D eigenvalue weighted by Gasteiger charge is -2.32. The third-order valence-corrected chi connectivity index (χ3v) is 8.98. The molecule has 1 aliphatic heterocycles. The van der Waals surface area contributed by atoms with Crippen molar-refractivity contribution in [3.8, 4) is 5.88 Å². The molecule has 186 valence electrons. The molecule has 6 rings (SSSR count). The third-order valence-electron chi connectivity index (χ3n) is 7.79. The largest absolute Gasteiger partial charge is 0.474 e. The molecule has 1 aromatic carbocycles. The van der Waals surface area contributed by atoms with Crippen LogP contribution in [0.2, 0.25) is 0 Å². The molecule has 1 saturated carbocycles. The Balaban J connectivity index is 1.24. The van der Waals surface area contributed by atoms with Crippen LogP contribution in [-0.2, 0) is 12.8 Å². The lowest BCUT2D eigenvalue weighted by atomic mass is 9.92. The number of nitrogens with one attached hydrogen (secondary N) is 2. The number of thiophene rings is 1. The Labute approximate surface area is 211 Å². The van der Waals surface area contributed by atoms with Gasteiger partial charge in [-0.2, -0.15) is 4.98 Å². The first-order valence-corrected chi connectivity index (χ1v) is 13.9. The molecule has 7 nitrogen and oxygen atoms in total. The summed E-state index contributed by atoms with van der Waals surface area (Å²) in [4.78, 5) is 17.2. The molecule has 0 amide bonds. The maximum absolute atomic E-state index is 6.64. The predicted octanol–water partition coefficient (Wildman–Crippen LogP) is 4.58. The van der Waals surface area contributed by atoms with Crippen molar-refractivity contribution >= 4 is 38.9 Å². The molecule has 8 heteroatoms. The van der Waals surface area contributed by atoms with Crippen molar-refractivity contribution in [2.24, 2.45) is 0 Å². The number of fused-ring (bicyclic) bond motifs is 3. The summed E-state index contributed by atoms with van der Waals surface area (Å²) >= 11 is 1.82. The van der Waals surface area contributed by atoms with Gasteiger partial charge in [0.25, 0.3) is 0 Å². The van der Waals surface area contributed by atoms with Crippen LogP contribution in [-0.4, -0.2) is 67.3 Å². The van der Waals surface area contributed by atoms with Gasteiger partial charge >= 0.3 is 0 Å². The molecule has 3 aliphatic rings. The van der Waals surface area contributed by atoms with Gasteiger partial charge < -0.3 is 25.2 Å². The molecule has 3 heterocycles. The van der Waals surface area contributed by atoms with E-state index in [1.54, 1.807) is 0 Å². The summed E-state index contributed by atoms with van der Waals surface area (Å²) in [6.07, 6.45) is 8.24. The number of aromatic nitrogens is 2. The zero-order valence-electron chi connectivity index (χ0n) is 20.8. The number of anilines is 3. The Hall–Kier alpha value is -2.42. The van der Waals surface area contributed by atoms with E-state index in [0.717, 1.165) is 73.6 Å². The van der Waals surface area contributed by atoms with Crippen molar-refractivity contribution in [1.29, 1.82) is 0 Å². The van der Waals surface area contributed by atoms with E-state index >= 15 is 0 Å². The van der Waals surface area contributed by atoms with Crippen LogP contribution in [0.15, 0.2) is 24.3 Å². The van der Waals surface area contributed by atoms with Crippen molar-refractivity contribution in [3.05, 3.63) is 34.7 Å². The van der Waals surface area contributed by atoms with Crippen molar-refractivity contribution in [3.63, 3.8) is 0 Å². The van der Waals surface area contributed by atoms with Gasteiger partial charge in [-0.05, 0) is 88.9 Å². The van der Waals surface area contributed by atoms with Crippen LogP contribution >= 0.6 is 11.3 Å². The van der Waals surface area contributed by atoms with Crippen molar-refractivity contribution in [1.82, 2.24) is 20.2 Å². The number of hydrogen-bond donors (Lipinski definition) is 2. The SMILES string of the molecule is CN(C)[C@H]1CC[C@H](Oc2nc(Nc3ccc(N4CCNCC4)cc3)nc3sc4c(c23)CCC4)CC1. The van der Waals surface area contributed by atoms with Gasteiger partial charge in [0.15, 0.2) is 0 Å².